The van der Waals surface area contributed by atoms with Gasteiger partial charge in [-0.15, -0.1) is 0 Å². The van der Waals surface area contributed by atoms with E-state index in [0.29, 0.717) is 13.0 Å². The van der Waals surface area contributed by atoms with Gasteiger partial charge in [0, 0.05) is 18.7 Å². The van der Waals surface area contributed by atoms with Crippen LogP contribution in [0.3, 0.4) is 0 Å². The minimum absolute atomic E-state index is 0.00337. The van der Waals surface area contributed by atoms with Gasteiger partial charge in [-0.1, -0.05) is 19.1 Å². The maximum absolute atomic E-state index is 11.2. The van der Waals surface area contributed by atoms with Crippen LogP contribution in [0.2, 0.25) is 0 Å². The van der Waals surface area contributed by atoms with Gasteiger partial charge in [0.05, 0.1) is 13.0 Å². The Labute approximate surface area is 121 Å². The topological polar surface area (TPSA) is 50.4 Å². The highest BCUT2D eigenvalue weighted by atomic mass is 16.5. The zero-order chi connectivity index (χ0) is 15.0. The fourth-order valence-corrected chi connectivity index (χ4v) is 1.97. The van der Waals surface area contributed by atoms with Crippen molar-refractivity contribution >= 4 is 5.91 Å². The number of nitrogens with one attached hydrogen (secondary N) is 2. The van der Waals surface area contributed by atoms with Crippen molar-refractivity contribution in [3.8, 4) is 5.75 Å². The molecule has 1 aromatic carbocycles. The molecule has 0 fully saturated rings. The van der Waals surface area contributed by atoms with E-state index in [0.717, 1.165) is 29.8 Å². The van der Waals surface area contributed by atoms with E-state index in [9.17, 15) is 4.79 Å². The van der Waals surface area contributed by atoms with Crippen molar-refractivity contribution in [1.29, 1.82) is 0 Å². The molecule has 112 valence electrons. The molecule has 0 saturated heterocycles. The highest BCUT2D eigenvalue weighted by molar-refractivity contribution is 5.75. The Morgan fingerprint density at radius 3 is 2.80 bits per heavy atom. The zero-order valence-electron chi connectivity index (χ0n) is 13.0. The van der Waals surface area contributed by atoms with E-state index in [-0.39, 0.29) is 11.9 Å². The van der Waals surface area contributed by atoms with Crippen LogP contribution in [0, 0.1) is 6.92 Å². The maximum Gasteiger partial charge on any atom is 0.223 e. The average Bonchev–Trinajstić information content (AvgIpc) is 2.44. The highest BCUT2D eigenvalue weighted by Crippen LogP contribution is 2.26. The normalized spacial score (nSPS) is 12.0. The Hall–Kier alpha value is -1.55. The smallest absolute Gasteiger partial charge is 0.223 e. The third-order valence-electron chi connectivity index (χ3n) is 3.20. The highest BCUT2D eigenvalue weighted by Gasteiger charge is 2.11. The lowest BCUT2D eigenvalue weighted by atomic mass is 10.0. The second-order valence-electron chi connectivity index (χ2n) is 4.99. The summed E-state index contributed by atoms with van der Waals surface area (Å²) in [6.07, 6.45) is 1.48. The molecule has 0 spiro atoms. The van der Waals surface area contributed by atoms with E-state index >= 15 is 0 Å². The van der Waals surface area contributed by atoms with Crippen molar-refractivity contribution in [1.82, 2.24) is 10.6 Å². The van der Waals surface area contributed by atoms with Crippen molar-refractivity contribution in [2.75, 3.05) is 20.2 Å². The molecule has 1 amide bonds. The molecule has 1 aromatic rings. The predicted octanol–water partition coefficient (Wildman–Crippen LogP) is 2.57. The van der Waals surface area contributed by atoms with Crippen LogP contribution in [-0.2, 0) is 4.79 Å². The Bertz CT molecular complexity index is 432. The molecular weight excluding hydrogens is 252 g/mol. The van der Waals surface area contributed by atoms with E-state index in [1.54, 1.807) is 7.05 Å². The van der Waals surface area contributed by atoms with Gasteiger partial charge < -0.3 is 15.4 Å². The molecule has 0 saturated carbocycles. The fraction of sp³-hybridized carbons (Fsp3) is 0.562. The molecule has 1 rings (SSSR count). The van der Waals surface area contributed by atoms with Crippen LogP contribution in [0.5, 0.6) is 5.75 Å². The van der Waals surface area contributed by atoms with Crippen molar-refractivity contribution in [3.63, 3.8) is 0 Å². The molecule has 20 heavy (non-hydrogen) atoms. The first-order valence-electron chi connectivity index (χ1n) is 7.25. The summed E-state index contributed by atoms with van der Waals surface area (Å²) in [5.74, 6) is 0.862. The van der Waals surface area contributed by atoms with Crippen LogP contribution in [0.25, 0.3) is 0 Å². The quantitative estimate of drug-likeness (QED) is 0.768. The summed E-state index contributed by atoms with van der Waals surface area (Å²) in [5, 5.41) is 6.06. The molecule has 4 nitrogen and oxygen atoms in total. The van der Waals surface area contributed by atoms with Gasteiger partial charge in [-0.2, -0.15) is 0 Å². The molecule has 0 aliphatic rings. The first-order valence-corrected chi connectivity index (χ1v) is 7.25. The Morgan fingerprint density at radius 2 is 2.15 bits per heavy atom. The van der Waals surface area contributed by atoms with E-state index in [1.165, 1.54) is 0 Å². The third-order valence-corrected chi connectivity index (χ3v) is 3.20. The number of carbonyl (C=O) groups excluding carboxylic acids is 1. The van der Waals surface area contributed by atoms with Gasteiger partial charge in [0.25, 0.3) is 0 Å². The molecule has 0 bridgehead atoms. The molecule has 0 aromatic heterocycles. The van der Waals surface area contributed by atoms with Gasteiger partial charge >= 0.3 is 0 Å². The summed E-state index contributed by atoms with van der Waals surface area (Å²) in [5.41, 5.74) is 2.30. The fourth-order valence-electron chi connectivity index (χ4n) is 1.97. The molecule has 1 atom stereocenters. The summed E-state index contributed by atoms with van der Waals surface area (Å²) in [4.78, 5) is 11.2. The van der Waals surface area contributed by atoms with Crippen LogP contribution < -0.4 is 15.4 Å². The minimum Gasteiger partial charge on any atom is -0.493 e. The molecule has 1 unspecified atom stereocenters. The first-order chi connectivity index (χ1) is 9.58. The van der Waals surface area contributed by atoms with E-state index < -0.39 is 0 Å². The molecule has 0 heterocycles. The van der Waals surface area contributed by atoms with Crippen LogP contribution in [-0.4, -0.2) is 26.1 Å². The van der Waals surface area contributed by atoms with E-state index in [1.807, 2.05) is 13.0 Å². The summed E-state index contributed by atoms with van der Waals surface area (Å²) in [6, 6.07) is 6.46. The maximum atomic E-state index is 11.2. The number of carbonyl (C=O) groups is 1. The predicted molar refractivity (Wildman–Crippen MR) is 82.1 cm³/mol. The largest absolute Gasteiger partial charge is 0.493 e. The SMILES string of the molecule is CCCNC(C)c1ccc(C)cc1OCCC(=O)NC. The van der Waals surface area contributed by atoms with Crippen LogP contribution in [0.15, 0.2) is 18.2 Å². The Balaban J connectivity index is 2.71. The summed E-state index contributed by atoms with van der Waals surface area (Å²) >= 11 is 0. The number of aryl methyl sites for hydroxylation is 1. The van der Waals surface area contributed by atoms with Crippen LogP contribution in [0.1, 0.15) is 43.9 Å². The molecular formula is C16H26N2O2. The Morgan fingerprint density at radius 1 is 1.40 bits per heavy atom. The molecule has 0 aliphatic heterocycles. The van der Waals surface area contributed by atoms with Crippen LogP contribution in [0.4, 0.5) is 0 Å². The average molecular weight is 278 g/mol. The molecule has 4 heteroatoms. The molecule has 2 N–H and O–H groups in total. The number of hydrogen-bond acceptors (Lipinski definition) is 3. The monoisotopic (exact) mass is 278 g/mol. The number of hydrogen-bond donors (Lipinski definition) is 2. The Kier molecular flexibility index (Phi) is 7.09. The summed E-state index contributed by atoms with van der Waals surface area (Å²) in [7, 11) is 1.64. The molecule has 0 radical (unpaired) electrons. The van der Waals surface area contributed by atoms with Crippen molar-refractivity contribution in [2.45, 2.75) is 39.7 Å². The number of benzene rings is 1. The van der Waals surface area contributed by atoms with Gasteiger partial charge in [-0.25, -0.2) is 0 Å². The van der Waals surface area contributed by atoms with Crippen molar-refractivity contribution in [3.05, 3.63) is 29.3 Å². The second-order valence-corrected chi connectivity index (χ2v) is 4.99. The molecule has 0 aliphatic carbocycles. The number of ether oxygens (including phenoxy) is 1. The zero-order valence-corrected chi connectivity index (χ0v) is 13.0. The first kappa shape index (κ1) is 16.5. The third kappa shape index (κ3) is 5.21. The van der Waals surface area contributed by atoms with Crippen molar-refractivity contribution in [2.24, 2.45) is 0 Å². The van der Waals surface area contributed by atoms with Gasteiger partial charge in [0.15, 0.2) is 0 Å². The van der Waals surface area contributed by atoms with E-state index in [2.05, 4.69) is 36.6 Å². The van der Waals surface area contributed by atoms with Gasteiger partial charge in [-0.3, -0.25) is 4.79 Å². The van der Waals surface area contributed by atoms with Crippen molar-refractivity contribution < 1.29 is 9.53 Å². The lowest BCUT2D eigenvalue weighted by molar-refractivity contribution is -0.121. The van der Waals surface area contributed by atoms with Gasteiger partial charge in [0.1, 0.15) is 5.75 Å². The second kappa shape index (κ2) is 8.59. The number of amides is 1. The number of rotatable bonds is 8. The lowest BCUT2D eigenvalue weighted by Gasteiger charge is -2.18. The van der Waals surface area contributed by atoms with E-state index in [4.69, 9.17) is 4.74 Å². The lowest BCUT2D eigenvalue weighted by Crippen LogP contribution is -2.22. The summed E-state index contributed by atoms with van der Waals surface area (Å²) in [6.45, 7) is 7.70. The minimum atomic E-state index is -0.00337. The van der Waals surface area contributed by atoms with Gasteiger partial charge in [-0.05, 0) is 38.4 Å². The summed E-state index contributed by atoms with van der Waals surface area (Å²) < 4.78 is 5.79. The van der Waals surface area contributed by atoms with Gasteiger partial charge in [0.2, 0.25) is 5.91 Å². The van der Waals surface area contributed by atoms with Crippen LogP contribution >= 0.6 is 0 Å². The standard InChI is InChI=1S/C16H26N2O2/c1-5-9-18-13(3)14-7-6-12(2)11-15(14)20-10-8-16(19)17-4/h6-7,11,13,18H,5,8-10H2,1-4H3,(H,17,19).